The summed E-state index contributed by atoms with van der Waals surface area (Å²) in [6, 6.07) is 0. The van der Waals surface area contributed by atoms with E-state index in [0.29, 0.717) is 17.2 Å². The first kappa shape index (κ1) is 17.4. The van der Waals surface area contributed by atoms with Crippen LogP contribution in [0.4, 0.5) is 5.00 Å². The first-order chi connectivity index (χ1) is 11.6. The summed E-state index contributed by atoms with van der Waals surface area (Å²) in [6.45, 7) is 3.99. The van der Waals surface area contributed by atoms with E-state index in [4.69, 9.17) is 4.74 Å². The highest BCUT2D eigenvalue weighted by atomic mass is 32.1. The Morgan fingerprint density at radius 2 is 2.08 bits per heavy atom. The zero-order valence-electron chi connectivity index (χ0n) is 14.5. The number of anilines is 1. The number of thiophene rings is 1. The van der Waals surface area contributed by atoms with Crippen LogP contribution in [-0.2, 0) is 22.4 Å². The van der Waals surface area contributed by atoms with Crippen molar-refractivity contribution in [3.63, 3.8) is 0 Å². The number of esters is 1. The van der Waals surface area contributed by atoms with Crippen LogP contribution in [0, 0.1) is 5.92 Å². The number of hydrogen-bond acceptors (Lipinski definition) is 5. The third-order valence-corrected chi connectivity index (χ3v) is 6.09. The lowest BCUT2D eigenvalue weighted by Crippen LogP contribution is -2.38. The van der Waals surface area contributed by atoms with Gasteiger partial charge in [0.15, 0.2) is 0 Å². The molecule has 1 amide bonds. The number of amides is 1. The molecule has 0 unspecified atom stereocenters. The lowest BCUT2D eigenvalue weighted by molar-refractivity contribution is -0.121. The number of rotatable bonds is 4. The van der Waals surface area contributed by atoms with Crippen molar-refractivity contribution >= 4 is 28.2 Å². The molecule has 3 rings (SSSR count). The number of hydrogen-bond donors (Lipinski definition) is 1. The molecule has 1 aliphatic heterocycles. The fraction of sp³-hybridized carbons (Fsp3) is 0.667. The van der Waals surface area contributed by atoms with Gasteiger partial charge in [0.2, 0.25) is 5.91 Å². The van der Waals surface area contributed by atoms with E-state index in [9.17, 15) is 9.59 Å². The van der Waals surface area contributed by atoms with Crippen LogP contribution in [0.2, 0.25) is 0 Å². The highest BCUT2D eigenvalue weighted by molar-refractivity contribution is 7.17. The molecule has 5 nitrogen and oxygen atoms in total. The van der Waals surface area contributed by atoms with Gasteiger partial charge in [-0.3, -0.25) is 4.79 Å². The zero-order valence-corrected chi connectivity index (χ0v) is 15.3. The molecule has 24 heavy (non-hydrogen) atoms. The zero-order chi connectivity index (χ0) is 17.1. The van der Waals surface area contributed by atoms with Gasteiger partial charge in [0.1, 0.15) is 5.00 Å². The summed E-state index contributed by atoms with van der Waals surface area (Å²) in [4.78, 5) is 28.5. The number of ether oxygens (including phenoxy) is 1. The van der Waals surface area contributed by atoms with E-state index in [1.165, 1.54) is 4.88 Å². The van der Waals surface area contributed by atoms with Crippen LogP contribution < -0.4 is 5.32 Å². The second-order valence-corrected chi connectivity index (χ2v) is 7.83. The van der Waals surface area contributed by atoms with E-state index in [-0.39, 0.29) is 17.8 Å². The van der Waals surface area contributed by atoms with Crippen molar-refractivity contribution < 1.29 is 14.3 Å². The van der Waals surface area contributed by atoms with Gasteiger partial charge in [-0.2, -0.15) is 0 Å². The van der Waals surface area contributed by atoms with Crippen LogP contribution in [-0.4, -0.2) is 43.5 Å². The summed E-state index contributed by atoms with van der Waals surface area (Å²) < 4.78 is 5.25. The van der Waals surface area contributed by atoms with E-state index >= 15 is 0 Å². The second-order valence-electron chi connectivity index (χ2n) is 6.73. The summed E-state index contributed by atoms with van der Waals surface area (Å²) in [7, 11) is 2.05. The molecule has 0 aromatic carbocycles. The molecule has 1 fully saturated rings. The van der Waals surface area contributed by atoms with E-state index in [2.05, 4.69) is 10.2 Å². The highest BCUT2D eigenvalue weighted by Gasteiger charge is 2.30. The van der Waals surface area contributed by atoms with Crippen molar-refractivity contribution in [2.75, 3.05) is 32.1 Å². The third-order valence-electron chi connectivity index (χ3n) is 4.88. The first-order valence-corrected chi connectivity index (χ1v) is 9.72. The van der Waals surface area contributed by atoms with Crippen molar-refractivity contribution in [3.05, 3.63) is 16.0 Å². The lowest BCUT2D eigenvalue weighted by atomic mass is 9.95. The van der Waals surface area contributed by atoms with Gasteiger partial charge in [-0.05, 0) is 64.6 Å². The van der Waals surface area contributed by atoms with Gasteiger partial charge in [0.25, 0.3) is 0 Å². The normalized spacial score (nSPS) is 21.2. The fourth-order valence-electron chi connectivity index (χ4n) is 3.67. The van der Waals surface area contributed by atoms with Crippen LogP contribution in [0.3, 0.4) is 0 Å². The number of likely N-dealkylation sites (tertiary alicyclic amines) is 1. The number of carbonyl (C=O) groups excluding carboxylic acids is 2. The molecular weight excluding hydrogens is 324 g/mol. The van der Waals surface area contributed by atoms with Crippen LogP contribution >= 0.6 is 11.3 Å². The van der Waals surface area contributed by atoms with Crippen LogP contribution in [0.5, 0.6) is 0 Å². The van der Waals surface area contributed by atoms with Gasteiger partial charge in [-0.15, -0.1) is 11.3 Å². The molecule has 2 heterocycles. The van der Waals surface area contributed by atoms with Crippen molar-refractivity contribution in [2.45, 2.75) is 45.4 Å². The van der Waals surface area contributed by atoms with E-state index in [1.807, 2.05) is 14.0 Å². The summed E-state index contributed by atoms with van der Waals surface area (Å²) in [5.74, 6) is -0.267. The Hall–Kier alpha value is -1.40. The molecule has 0 radical (unpaired) electrons. The molecule has 1 saturated heterocycles. The molecule has 2 aliphatic rings. The number of aryl methyl sites for hydroxylation is 1. The maximum atomic E-state index is 12.7. The summed E-state index contributed by atoms with van der Waals surface area (Å²) in [5, 5.41) is 3.74. The van der Waals surface area contributed by atoms with Gasteiger partial charge in [-0.25, -0.2) is 4.79 Å². The lowest BCUT2D eigenvalue weighted by Gasteiger charge is -2.28. The minimum Gasteiger partial charge on any atom is -0.462 e. The van der Waals surface area contributed by atoms with Crippen molar-refractivity contribution in [1.82, 2.24) is 4.90 Å². The molecular formula is C18H26N2O3S. The van der Waals surface area contributed by atoms with Crippen molar-refractivity contribution in [3.8, 4) is 0 Å². The summed E-state index contributed by atoms with van der Waals surface area (Å²) in [6.07, 6.45) is 6.10. The largest absolute Gasteiger partial charge is 0.462 e. The first-order valence-electron chi connectivity index (χ1n) is 8.91. The SMILES string of the molecule is CCOC(=O)c1c(NC(=O)[C@H]2CCCN(C)C2)sc2c1CCCC2. The van der Waals surface area contributed by atoms with Gasteiger partial charge in [-0.1, -0.05) is 0 Å². The van der Waals surface area contributed by atoms with Crippen LogP contribution in [0.15, 0.2) is 0 Å². The van der Waals surface area contributed by atoms with E-state index < -0.39 is 0 Å². The number of carbonyl (C=O) groups is 2. The monoisotopic (exact) mass is 350 g/mol. The highest BCUT2D eigenvalue weighted by Crippen LogP contribution is 2.39. The quantitative estimate of drug-likeness (QED) is 0.848. The molecule has 132 valence electrons. The maximum Gasteiger partial charge on any atom is 0.341 e. The Morgan fingerprint density at radius 3 is 2.83 bits per heavy atom. The Balaban J connectivity index is 1.82. The van der Waals surface area contributed by atoms with Crippen molar-refractivity contribution in [1.29, 1.82) is 0 Å². The predicted molar refractivity (Wildman–Crippen MR) is 95.8 cm³/mol. The topological polar surface area (TPSA) is 58.6 Å². The Kier molecular flexibility index (Phi) is 5.56. The number of piperidine rings is 1. The third kappa shape index (κ3) is 3.64. The molecule has 1 aliphatic carbocycles. The average molecular weight is 350 g/mol. The smallest absolute Gasteiger partial charge is 0.341 e. The van der Waals surface area contributed by atoms with E-state index in [1.54, 1.807) is 11.3 Å². The summed E-state index contributed by atoms with van der Waals surface area (Å²) >= 11 is 1.56. The molecule has 6 heteroatoms. The van der Waals surface area contributed by atoms with E-state index in [0.717, 1.165) is 57.2 Å². The predicted octanol–water partition coefficient (Wildman–Crippen LogP) is 3.08. The van der Waals surface area contributed by atoms with Crippen molar-refractivity contribution in [2.24, 2.45) is 5.92 Å². The molecule has 0 bridgehead atoms. The molecule has 1 aromatic rings. The average Bonchev–Trinajstić information content (AvgIpc) is 2.93. The number of nitrogens with one attached hydrogen (secondary N) is 1. The Labute approximate surface area is 147 Å². The molecule has 1 atom stereocenters. The van der Waals surface area contributed by atoms with Gasteiger partial charge >= 0.3 is 5.97 Å². The Bertz CT molecular complexity index is 626. The number of nitrogens with zero attached hydrogens (tertiary/aromatic N) is 1. The van der Waals surface area contributed by atoms with Gasteiger partial charge in [0.05, 0.1) is 18.1 Å². The minimum absolute atomic E-state index is 0.00192. The molecule has 1 aromatic heterocycles. The second kappa shape index (κ2) is 7.66. The van der Waals surface area contributed by atoms with Crippen LogP contribution in [0.1, 0.15) is 53.4 Å². The maximum absolute atomic E-state index is 12.7. The summed E-state index contributed by atoms with van der Waals surface area (Å²) in [5.41, 5.74) is 1.70. The van der Waals surface area contributed by atoms with Crippen LogP contribution in [0.25, 0.3) is 0 Å². The minimum atomic E-state index is -0.298. The number of fused-ring (bicyclic) bond motifs is 1. The Morgan fingerprint density at radius 1 is 1.29 bits per heavy atom. The molecule has 0 saturated carbocycles. The standard InChI is InChI=1S/C18H26N2O3S/c1-3-23-18(22)15-13-8-4-5-9-14(13)24-17(15)19-16(21)12-7-6-10-20(2)11-12/h12H,3-11H2,1-2H3,(H,19,21)/t12-/m0/s1. The molecule has 0 spiro atoms. The molecule has 1 N–H and O–H groups in total. The van der Waals surface area contributed by atoms with Gasteiger partial charge < -0.3 is 15.0 Å². The fourth-order valence-corrected chi connectivity index (χ4v) is 4.95. The van der Waals surface area contributed by atoms with Gasteiger partial charge in [0, 0.05) is 11.4 Å².